The third-order valence-corrected chi connectivity index (χ3v) is 3.81. The number of fused-ring (bicyclic) bond motifs is 1. The first-order chi connectivity index (χ1) is 10.8. The predicted octanol–water partition coefficient (Wildman–Crippen LogP) is 5.02. The Kier molecular flexibility index (Phi) is 3.64. The van der Waals surface area contributed by atoms with Gasteiger partial charge < -0.3 is 4.74 Å². The number of hydrogen-bond acceptors (Lipinski definition) is 5. The number of thiazole rings is 1. The van der Waals surface area contributed by atoms with Crippen molar-refractivity contribution in [2.75, 3.05) is 0 Å². The fourth-order valence-corrected chi connectivity index (χ4v) is 2.65. The number of alkyl halides is 3. The van der Waals surface area contributed by atoms with Crippen LogP contribution in [0.3, 0.4) is 0 Å². The average Bonchev–Trinajstić information content (AvgIpc) is 2.93. The molecule has 0 radical (unpaired) electrons. The quantitative estimate of drug-likeness (QED) is 0.496. The smallest absolute Gasteiger partial charge is 0.416 e. The normalized spacial score (nSPS) is 11.6. The second kappa shape index (κ2) is 5.51. The van der Waals surface area contributed by atoms with Gasteiger partial charge in [-0.05, 0) is 24.3 Å². The lowest BCUT2D eigenvalue weighted by molar-refractivity contribution is -0.385. The topological polar surface area (TPSA) is 65.3 Å². The first-order valence-electron chi connectivity index (χ1n) is 6.21. The van der Waals surface area contributed by atoms with Gasteiger partial charge in [0.1, 0.15) is 5.75 Å². The number of nitrogens with zero attached hydrogens (tertiary/aromatic N) is 2. The Balaban J connectivity index is 1.99. The molecule has 0 saturated heterocycles. The lowest BCUT2D eigenvalue weighted by Crippen LogP contribution is -2.06. The number of hydrogen-bond donors (Lipinski definition) is 0. The Morgan fingerprint density at radius 3 is 2.65 bits per heavy atom. The zero-order valence-electron chi connectivity index (χ0n) is 11.2. The van der Waals surface area contributed by atoms with Crippen molar-refractivity contribution in [1.82, 2.24) is 4.98 Å². The monoisotopic (exact) mass is 340 g/mol. The molecule has 0 unspecified atom stereocenters. The van der Waals surface area contributed by atoms with E-state index < -0.39 is 22.4 Å². The number of benzene rings is 2. The average molecular weight is 340 g/mol. The molecule has 0 fully saturated rings. The van der Waals surface area contributed by atoms with Crippen molar-refractivity contribution < 1.29 is 22.8 Å². The van der Waals surface area contributed by atoms with Crippen LogP contribution in [0.1, 0.15) is 5.56 Å². The molecule has 0 saturated carbocycles. The zero-order valence-corrected chi connectivity index (χ0v) is 12.0. The van der Waals surface area contributed by atoms with Crippen molar-refractivity contribution >= 4 is 27.2 Å². The molecule has 2 aromatic carbocycles. The van der Waals surface area contributed by atoms with Gasteiger partial charge in [-0.2, -0.15) is 13.2 Å². The maximum Gasteiger partial charge on any atom is 0.416 e. The highest BCUT2D eigenvalue weighted by atomic mass is 32.1. The summed E-state index contributed by atoms with van der Waals surface area (Å²) >= 11 is 1.35. The Labute approximate surface area is 131 Å². The molecule has 3 aromatic rings. The van der Waals surface area contributed by atoms with E-state index in [0.29, 0.717) is 6.07 Å². The summed E-state index contributed by atoms with van der Waals surface area (Å²) in [5.41, 5.74) is 0.526. The van der Waals surface area contributed by atoms with E-state index in [9.17, 15) is 23.3 Å². The summed E-state index contributed by atoms with van der Waals surface area (Å²) in [6.07, 6.45) is -4.66. The minimum Gasteiger partial charge on any atom is -0.450 e. The molecule has 0 aliphatic heterocycles. The van der Waals surface area contributed by atoms with Gasteiger partial charge in [-0.3, -0.25) is 10.1 Å². The SMILES string of the molecule is O=[N+]([O-])c1cc(C(F)(F)F)ccc1Oc1ccc2ncsc2c1. The van der Waals surface area contributed by atoms with Crippen LogP contribution in [0.4, 0.5) is 18.9 Å². The molecule has 0 aliphatic rings. The Morgan fingerprint density at radius 2 is 1.96 bits per heavy atom. The molecule has 0 aliphatic carbocycles. The molecule has 23 heavy (non-hydrogen) atoms. The van der Waals surface area contributed by atoms with Crippen LogP contribution in [0.25, 0.3) is 10.2 Å². The molecule has 1 heterocycles. The fraction of sp³-hybridized carbons (Fsp3) is 0.0714. The largest absolute Gasteiger partial charge is 0.450 e. The van der Waals surface area contributed by atoms with Crippen LogP contribution in [-0.2, 0) is 6.18 Å². The maximum atomic E-state index is 12.7. The summed E-state index contributed by atoms with van der Waals surface area (Å²) in [6.45, 7) is 0. The van der Waals surface area contributed by atoms with Gasteiger partial charge in [0.15, 0.2) is 0 Å². The van der Waals surface area contributed by atoms with Crippen LogP contribution in [-0.4, -0.2) is 9.91 Å². The van der Waals surface area contributed by atoms with E-state index in [4.69, 9.17) is 4.74 Å². The van der Waals surface area contributed by atoms with Gasteiger partial charge in [-0.15, -0.1) is 11.3 Å². The van der Waals surface area contributed by atoms with E-state index in [0.717, 1.165) is 22.3 Å². The second-order valence-corrected chi connectivity index (χ2v) is 5.41. The van der Waals surface area contributed by atoms with Crippen LogP contribution in [0, 0.1) is 10.1 Å². The van der Waals surface area contributed by atoms with Crippen LogP contribution >= 0.6 is 11.3 Å². The zero-order chi connectivity index (χ0) is 16.6. The molecule has 0 atom stereocenters. The van der Waals surface area contributed by atoms with Crippen LogP contribution in [0.5, 0.6) is 11.5 Å². The molecule has 0 spiro atoms. The number of nitro benzene ring substituents is 1. The molecular weight excluding hydrogens is 333 g/mol. The van der Waals surface area contributed by atoms with Crippen LogP contribution in [0.15, 0.2) is 41.9 Å². The lowest BCUT2D eigenvalue weighted by atomic mass is 10.2. The van der Waals surface area contributed by atoms with E-state index in [-0.39, 0.29) is 11.5 Å². The summed E-state index contributed by atoms with van der Waals surface area (Å²) < 4.78 is 44.2. The molecule has 3 rings (SSSR count). The first kappa shape index (κ1) is 15.2. The van der Waals surface area contributed by atoms with Crippen LogP contribution in [0.2, 0.25) is 0 Å². The van der Waals surface area contributed by atoms with E-state index >= 15 is 0 Å². The van der Waals surface area contributed by atoms with Gasteiger partial charge in [0, 0.05) is 12.1 Å². The van der Waals surface area contributed by atoms with E-state index in [1.54, 1.807) is 23.7 Å². The minimum atomic E-state index is -4.66. The predicted molar refractivity (Wildman–Crippen MR) is 77.8 cm³/mol. The van der Waals surface area contributed by atoms with Crippen molar-refractivity contribution in [3.05, 3.63) is 57.6 Å². The number of halogens is 3. The van der Waals surface area contributed by atoms with E-state index in [1.807, 2.05) is 0 Å². The van der Waals surface area contributed by atoms with Gasteiger partial charge in [-0.1, -0.05) is 0 Å². The summed E-state index contributed by atoms with van der Waals surface area (Å²) in [5.74, 6) is 0.0245. The summed E-state index contributed by atoms with van der Waals surface area (Å²) in [5, 5.41) is 11.0. The summed E-state index contributed by atoms with van der Waals surface area (Å²) in [6, 6.07) is 6.97. The number of rotatable bonds is 3. The highest BCUT2D eigenvalue weighted by molar-refractivity contribution is 7.16. The van der Waals surface area contributed by atoms with Gasteiger partial charge >= 0.3 is 11.9 Å². The minimum absolute atomic E-state index is 0.258. The third-order valence-electron chi connectivity index (χ3n) is 3.01. The van der Waals surface area contributed by atoms with Gasteiger partial charge in [0.05, 0.1) is 26.2 Å². The number of aromatic nitrogens is 1. The fourth-order valence-electron chi connectivity index (χ4n) is 1.95. The van der Waals surface area contributed by atoms with Crippen LogP contribution < -0.4 is 4.74 Å². The van der Waals surface area contributed by atoms with Crippen molar-refractivity contribution in [2.45, 2.75) is 6.18 Å². The van der Waals surface area contributed by atoms with Crippen molar-refractivity contribution in [1.29, 1.82) is 0 Å². The molecule has 0 amide bonds. The molecule has 1 aromatic heterocycles. The third kappa shape index (κ3) is 3.09. The van der Waals surface area contributed by atoms with Gasteiger partial charge in [0.25, 0.3) is 0 Å². The molecule has 0 N–H and O–H groups in total. The highest BCUT2D eigenvalue weighted by Gasteiger charge is 2.33. The van der Waals surface area contributed by atoms with Gasteiger partial charge in [0.2, 0.25) is 5.75 Å². The Morgan fingerprint density at radius 1 is 1.17 bits per heavy atom. The van der Waals surface area contributed by atoms with E-state index in [1.165, 1.54) is 11.3 Å². The summed E-state index contributed by atoms with van der Waals surface area (Å²) in [7, 11) is 0. The highest BCUT2D eigenvalue weighted by Crippen LogP contribution is 2.38. The molecule has 9 heteroatoms. The second-order valence-electron chi connectivity index (χ2n) is 4.52. The summed E-state index contributed by atoms with van der Waals surface area (Å²) in [4.78, 5) is 14.2. The van der Waals surface area contributed by atoms with E-state index in [2.05, 4.69) is 4.98 Å². The van der Waals surface area contributed by atoms with Crippen molar-refractivity contribution in [3.8, 4) is 11.5 Å². The number of ether oxygens (including phenoxy) is 1. The Bertz CT molecular complexity index is 892. The lowest BCUT2D eigenvalue weighted by Gasteiger charge is -2.10. The molecule has 118 valence electrons. The molecule has 0 bridgehead atoms. The molecule has 5 nitrogen and oxygen atoms in total. The van der Waals surface area contributed by atoms with Crippen molar-refractivity contribution in [3.63, 3.8) is 0 Å². The standard InChI is InChI=1S/C14H7F3N2O3S/c15-14(16,17)8-1-4-12(11(5-8)19(20)21)22-9-2-3-10-13(6-9)23-7-18-10/h1-7H. The van der Waals surface area contributed by atoms with Crippen molar-refractivity contribution in [2.24, 2.45) is 0 Å². The van der Waals surface area contributed by atoms with Gasteiger partial charge in [-0.25, -0.2) is 4.98 Å². The number of nitro groups is 1. The molecular formula is C14H7F3N2O3S. The first-order valence-corrected chi connectivity index (χ1v) is 7.09. The Hall–Kier alpha value is -2.68. The maximum absolute atomic E-state index is 12.7.